The number of carbonyl (C=O) groups excluding carboxylic acids is 1. The number of hydrogen-bond donors (Lipinski definition) is 3. The van der Waals surface area contributed by atoms with Gasteiger partial charge in [-0.3, -0.25) is 4.79 Å². The van der Waals surface area contributed by atoms with Crippen molar-refractivity contribution in [2.75, 3.05) is 39.3 Å². The minimum absolute atomic E-state index is 0.105. The number of benzene rings is 2. The van der Waals surface area contributed by atoms with Gasteiger partial charge in [0.25, 0.3) is 5.91 Å². The van der Waals surface area contributed by atoms with E-state index in [1.807, 2.05) is 37.3 Å². The summed E-state index contributed by atoms with van der Waals surface area (Å²) < 4.78 is 44.0. The fraction of sp³-hybridized carbons (Fsp3) is 0.517. The van der Waals surface area contributed by atoms with E-state index in [1.165, 1.54) is 5.56 Å². The molecular weight excluding hydrogens is 581 g/mol. The number of carboxylic acid groups (broad SMARTS) is 1. The van der Waals surface area contributed by atoms with Crippen molar-refractivity contribution in [2.45, 2.75) is 56.6 Å². The Morgan fingerprint density at radius 2 is 1.86 bits per heavy atom. The van der Waals surface area contributed by atoms with Gasteiger partial charge in [-0.05, 0) is 49.2 Å². The Labute approximate surface area is 246 Å². The second-order valence-electron chi connectivity index (χ2n) is 11.0. The third-order valence-electron chi connectivity index (χ3n) is 7.59. The molecule has 0 aromatic heterocycles. The minimum atomic E-state index is -5.08. The lowest BCUT2D eigenvalue weighted by Crippen LogP contribution is -2.49. The van der Waals surface area contributed by atoms with Gasteiger partial charge in [-0.2, -0.15) is 13.2 Å². The predicted octanol–water partition coefficient (Wildman–Crippen LogP) is 3.70. The number of aliphatic hydroxyl groups is 2. The number of aliphatic carboxylic acids is 1. The average molecular weight is 615 g/mol. The molecule has 2 saturated heterocycles. The van der Waals surface area contributed by atoms with Crippen LogP contribution in [0.1, 0.15) is 40.7 Å². The van der Waals surface area contributed by atoms with E-state index in [4.69, 9.17) is 31.0 Å². The number of carboxylic acids is 1. The van der Waals surface area contributed by atoms with Crippen LogP contribution in [0.2, 0.25) is 5.02 Å². The number of aliphatic hydroxyl groups excluding tert-OH is 2. The Hall–Kier alpha value is -3.06. The lowest BCUT2D eigenvalue weighted by molar-refractivity contribution is -0.192. The van der Waals surface area contributed by atoms with Gasteiger partial charge in [0.15, 0.2) is 0 Å². The van der Waals surface area contributed by atoms with Crippen molar-refractivity contribution in [2.24, 2.45) is 0 Å². The summed E-state index contributed by atoms with van der Waals surface area (Å²) in [7, 11) is 0. The molecule has 3 N–H and O–H groups in total. The highest BCUT2D eigenvalue weighted by Crippen LogP contribution is 2.42. The summed E-state index contributed by atoms with van der Waals surface area (Å²) in [6.45, 7) is 5.09. The van der Waals surface area contributed by atoms with E-state index >= 15 is 0 Å². The minimum Gasteiger partial charge on any atom is -0.490 e. The molecule has 42 heavy (non-hydrogen) atoms. The van der Waals surface area contributed by atoms with Crippen LogP contribution in [0.15, 0.2) is 36.4 Å². The number of alkyl halides is 3. The predicted molar refractivity (Wildman–Crippen MR) is 147 cm³/mol. The number of halogens is 4. The van der Waals surface area contributed by atoms with Crippen LogP contribution in [0.5, 0.6) is 11.5 Å². The highest BCUT2D eigenvalue weighted by atomic mass is 35.5. The van der Waals surface area contributed by atoms with Crippen LogP contribution in [-0.2, 0) is 11.2 Å². The van der Waals surface area contributed by atoms with Crippen molar-refractivity contribution in [1.82, 2.24) is 9.80 Å². The molecule has 5 rings (SSSR count). The molecule has 230 valence electrons. The number of hydrogen-bond acceptors (Lipinski definition) is 7. The summed E-state index contributed by atoms with van der Waals surface area (Å²) in [6.07, 6.45) is -2.98. The number of β-amino-alcohol motifs (C(OH)–C–C–N with tert-alkyl or cyclic N) is 2. The molecule has 0 saturated carbocycles. The Kier molecular flexibility index (Phi) is 9.92. The van der Waals surface area contributed by atoms with Crippen LogP contribution in [0.25, 0.3) is 0 Å². The van der Waals surface area contributed by atoms with E-state index in [0.29, 0.717) is 37.4 Å². The standard InChI is InChI=1S/C27H33ClN2O5.C2HF3O2/c1-18-2-4-25(23(12-18)26(33)30-9-6-21(31)16-30)34-17-22(32)15-29-10-7-27(8-11-29)14-19-13-20(28)3-5-24(19)35-27;3-2(4,5)1(6)7/h2-5,12-13,21-22,31-32H,6-11,14-17H2,1H3;(H,6,7)/t21-,22-;/m0./s1. The summed E-state index contributed by atoms with van der Waals surface area (Å²) >= 11 is 6.14. The van der Waals surface area contributed by atoms with Crippen LogP contribution in [0, 0.1) is 6.92 Å². The molecular formula is C29H34ClF3N2O7. The van der Waals surface area contributed by atoms with Crippen molar-refractivity contribution < 1.29 is 47.6 Å². The molecule has 3 aliphatic heterocycles. The van der Waals surface area contributed by atoms with Gasteiger partial charge in [-0.25, -0.2) is 4.79 Å². The van der Waals surface area contributed by atoms with Crippen LogP contribution < -0.4 is 9.47 Å². The quantitative estimate of drug-likeness (QED) is 0.451. The number of nitrogens with zero attached hydrogens (tertiary/aromatic N) is 2. The normalized spacial score (nSPS) is 20.4. The smallest absolute Gasteiger partial charge is 0.490 e. The van der Waals surface area contributed by atoms with Crippen molar-refractivity contribution >= 4 is 23.5 Å². The molecule has 2 fully saturated rings. The van der Waals surface area contributed by atoms with E-state index in [-0.39, 0.29) is 18.1 Å². The second kappa shape index (κ2) is 13.1. The third kappa shape index (κ3) is 8.06. The molecule has 1 amide bonds. The van der Waals surface area contributed by atoms with Crippen LogP contribution in [0.4, 0.5) is 13.2 Å². The van der Waals surface area contributed by atoms with Crippen LogP contribution in [0.3, 0.4) is 0 Å². The van der Waals surface area contributed by atoms with Crippen molar-refractivity contribution in [3.05, 3.63) is 58.1 Å². The van der Waals surface area contributed by atoms with E-state index in [9.17, 15) is 28.2 Å². The maximum absolute atomic E-state index is 13.0. The molecule has 9 nitrogen and oxygen atoms in total. The number of carbonyl (C=O) groups is 2. The maximum atomic E-state index is 13.0. The zero-order valence-electron chi connectivity index (χ0n) is 23.1. The van der Waals surface area contributed by atoms with Gasteiger partial charge < -0.3 is 34.6 Å². The zero-order valence-corrected chi connectivity index (χ0v) is 23.8. The Morgan fingerprint density at radius 1 is 1.17 bits per heavy atom. The highest BCUT2D eigenvalue weighted by Gasteiger charge is 2.42. The topological polar surface area (TPSA) is 120 Å². The first-order valence-corrected chi connectivity index (χ1v) is 14.0. The molecule has 3 heterocycles. The average Bonchev–Trinajstić information content (AvgIpc) is 3.51. The molecule has 1 spiro atoms. The maximum Gasteiger partial charge on any atom is 0.490 e. The molecule has 3 aliphatic rings. The molecule has 2 aromatic rings. The first-order valence-electron chi connectivity index (χ1n) is 13.6. The van der Waals surface area contributed by atoms with Gasteiger partial charge in [0.1, 0.15) is 29.8 Å². The summed E-state index contributed by atoms with van der Waals surface area (Å²) in [6, 6.07) is 11.3. The van der Waals surface area contributed by atoms with Gasteiger partial charge in [0.05, 0.1) is 11.7 Å². The highest BCUT2D eigenvalue weighted by molar-refractivity contribution is 6.30. The second-order valence-corrected chi connectivity index (χ2v) is 11.4. The molecule has 2 aromatic carbocycles. The number of amides is 1. The first kappa shape index (κ1) is 31.9. The number of likely N-dealkylation sites (tertiary alicyclic amines) is 2. The van der Waals surface area contributed by atoms with Gasteiger partial charge in [-0.1, -0.05) is 23.2 Å². The SMILES string of the molecule is Cc1ccc(OC[C@@H](O)CN2CCC3(CC2)Cc2cc(Cl)ccc2O3)c(C(=O)N2CC[C@H](O)C2)c1.O=C(O)C(F)(F)F. The van der Waals surface area contributed by atoms with Crippen molar-refractivity contribution in [3.63, 3.8) is 0 Å². The van der Waals surface area contributed by atoms with E-state index in [1.54, 1.807) is 11.0 Å². The molecule has 0 unspecified atom stereocenters. The molecule has 0 aliphatic carbocycles. The number of aryl methyl sites for hydroxylation is 1. The van der Waals surface area contributed by atoms with Crippen molar-refractivity contribution in [3.8, 4) is 11.5 Å². The zero-order chi connectivity index (χ0) is 30.7. The number of piperidine rings is 1. The number of rotatable bonds is 6. The first-order chi connectivity index (χ1) is 19.7. The fourth-order valence-corrected chi connectivity index (χ4v) is 5.59. The molecule has 0 bridgehead atoms. The van der Waals surface area contributed by atoms with E-state index < -0.39 is 24.4 Å². The lowest BCUT2D eigenvalue weighted by atomic mass is 9.87. The Balaban J connectivity index is 0.000000517. The molecule has 2 atom stereocenters. The van der Waals surface area contributed by atoms with E-state index in [2.05, 4.69) is 4.90 Å². The summed E-state index contributed by atoms with van der Waals surface area (Å²) in [5, 5.41) is 28.3. The van der Waals surface area contributed by atoms with Crippen molar-refractivity contribution in [1.29, 1.82) is 0 Å². The van der Waals surface area contributed by atoms with Gasteiger partial charge >= 0.3 is 12.1 Å². The van der Waals surface area contributed by atoms with Crippen LogP contribution in [-0.4, -0.2) is 100 Å². The summed E-state index contributed by atoms with van der Waals surface area (Å²) in [5.41, 5.74) is 2.43. The molecule has 13 heteroatoms. The largest absolute Gasteiger partial charge is 0.490 e. The van der Waals surface area contributed by atoms with Crippen LogP contribution >= 0.6 is 11.6 Å². The fourth-order valence-electron chi connectivity index (χ4n) is 5.39. The van der Waals surface area contributed by atoms with Gasteiger partial charge in [-0.15, -0.1) is 0 Å². The number of fused-ring (bicyclic) bond motifs is 1. The van der Waals surface area contributed by atoms with Gasteiger partial charge in [0, 0.05) is 57.0 Å². The van der Waals surface area contributed by atoms with E-state index in [0.717, 1.165) is 48.7 Å². The monoisotopic (exact) mass is 614 g/mol. The van der Waals surface area contributed by atoms with Gasteiger partial charge in [0.2, 0.25) is 0 Å². The number of ether oxygens (including phenoxy) is 2. The summed E-state index contributed by atoms with van der Waals surface area (Å²) in [5.74, 6) is -1.50. The lowest BCUT2D eigenvalue weighted by Gasteiger charge is -2.39. The Bertz CT molecular complexity index is 1280. The third-order valence-corrected chi connectivity index (χ3v) is 7.82. The molecule has 0 radical (unpaired) electrons. The summed E-state index contributed by atoms with van der Waals surface area (Å²) in [4.78, 5) is 25.8. The Morgan fingerprint density at radius 3 is 2.48 bits per heavy atom.